The fourth-order valence-corrected chi connectivity index (χ4v) is 18.1. The van der Waals surface area contributed by atoms with E-state index < -0.39 is 95.9 Å². The zero-order chi connectivity index (χ0) is 95.8. The standard InChI is InChI=1S/C45H49ClN8O12S.C27H36N2O9.C20H17ClN4O3S/c1-25-36-38(27-9-11-28(46)12-10-27)49-30(23-35(57)62-3)40-52-51-26(2)53(40)45(36)67-39(25)42(59)48-16-6-18-64-20-22-65-21-19-63-17-5-15-47-34(56)24-66-32-8-4-7-29-37(32)44(61)54(43(29)60)31-13-14-33(55)50-41(31)58;1-2-3-12-35-14-16-37-17-15-36-13-5-4-7-19(30)18-38-22-9-6-8-20-24(22)27(34)29(26(20)33)21-10-11-23(31)28-25(21)32;1-9(26)8-14-18-24-23-11(3)25(18)19-15(10(2)17(29-19)20(27)28)16(22-14)12-4-6-13(21)7-5-12/h4,7-12,30-31H,5-6,13-24H2,1-3H3,(H,47,56)(H,48,59)(H,50,55,58);6,8-9,21H,2-5,7,10-18H2,1H3,(H,28,31,32);4-7,14H,8H2,1-3H3,(H,27,28)/t30-,31?;;14-/m1.1/s1. The number of nitrogens with one attached hydrogen (secondary N) is 4. The summed E-state index contributed by atoms with van der Waals surface area (Å²) in [5.41, 5.74) is 5.74. The lowest BCUT2D eigenvalue weighted by atomic mass is 9.99. The second-order valence-electron chi connectivity index (χ2n) is 31.5. The van der Waals surface area contributed by atoms with Crippen molar-refractivity contribution in [3.05, 3.63) is 184 Å². The van der Waals surface area contributed by atoms with Crippen LogP contribution in [-0.2, 0) is 71.5 Å². The molecule has 0 saturated carbocycles. The molecule has 4 aromatic heterocycles. The number of aromatic nitrogens is 6. The van der Waals surface area contributed by atoms with E-state index in [0.717, 1.165) is 67.8 Å². The minimum absolute atomic E-state index is 0.00120. The van der Waals surface area contributed by atoms with E-state index in [9.17, 15) is 72.2 Å². The Morgan fingerprint density at radius 3 is 1.37 bits per heavy atom. The van der Waals surface area contributed by atoms with Crippen LogP contribution in [0.25, 0.3) is 10.0 Å². The minimum atomic E-state index is -1.11. The predicted octanol–water partition coefficient (Wildman–Crippen LogP) is 9.43. The number of carbonyl (C=O) groups is 14. The van der Waals surface area contributed by atoms with Gasteiger partial charge in [-0.25, -0.2) is 4.79 Å². The third-order valence-electron chi connectivity index (χ3n) is 22.0. The fourth-order valence-electron chi connectivity index (χ4n) is 15.3. The molecule has 2 unspecified atom stereocenters. The van der Waals surface area contributed by atoms with Crippen LogP contribution in [-0.4, -0.2) is 263 Å². The van der Waals surface area contributed by atoms with Gasteiger partial charge >= 0.3 is 11.9 Å². The Morgan fingerprint density at radius 1 is 0.500 bits per heavy atom. The highest BCUT2D eigenvalue weighted by Gasteiger charge is 2.49. The van der Waals surface area contributed by atoms with E-state index in [1.807, 2.05) is 47.2 Å². The Morgan fingerprint density at radius 2 is 0.925 bits per heavy atom. The number of ketones is 2. The number of piperidine rings is 2. The second kappa shape index (κ2) is 48.0. The molecule has 0 bridgehead atoms. The quantitative estimate of drug-likeness (QED) is 0.0135. The molecule has 10 amide bonds. The SMILES string of the molecule is CC(=O)C[C@H]1N=C(c2ccc(Cl)cc2)c2c(sc(C(=O)O)c2C)-n2c(C)nnc21.CCCCOCCOCCOCCCCC(=O)COc1cccc2c1C(=O)N(C1CCC(=O)NC1=O)C2=O.COC(=O)C[C@H]1N=C(c2ccc(Cl)cc2)c2c(sc(C(=O)NCCCOCCOCCOCCCNC(=O)COc3cccc4c3C(=O)N(C3CCC(=O)NC3=O)C4=O)c2C)-n2c(C)nnc21. The Kier molecular flexibility index (Phi) is 36.0. The van der Waals surface area contributed by atoms with Crippen molar-refractivity contribution in [2.75, 3.05) is 113 Å². The number of ether oxygens (including phenoxy) is 9. The van der Waals surface area contributed by atoms with Crippen molar-refractivity contribution in [2.24, 2.45) is 9.98 Å². The lowest BCUT2D eigenvalue weighted by Crippen LogP contribution is -2.54. The number of nitrogens with zero attached hydrogens (tertiary/aromatic N) is 10. The first-order valence-electron chi connectivity index (χ1n) is 43.7. The maximum absolute atomic E-state index is 13.6. The van der Waals surface area contributed by atoms with Gasteiger partial charge in [0.25, 0.3) is 35.4 Å². The largest absolute Gasteiger partial charge is 0.485 e. The van der Waals surface area contributed by atoms with Crippen LogP contribution >= 0.6 is 45.9 Å². The predicted molar refractivity (Wildman–Crippen MR) is 486 cm³/mol. The van der Waals surface area contributed by atoms with Gasteiger partial charge in [0.15, 0.2) is 24.0 Å². The summed E-state index contributed by atoms with van der Waals surface area (Å²) in [5.74, 6) is -4.92. The maximum Gasteiger partial charge on any atom is 0.346 e. The average molecular weight is 1920 g/mol. The summed E-state index contributed by atoms with van der Waals surface area (Å²) >= 11 is 14.7. The number of imide groups is 4. The number of methoxy groups -OCH3 is 1. The van der Waals surface area contributed by atoms with Gasteiger partial charge in [0.05, 0.1) is 105 Å². The first kappa shape index (κ1) is 101. The van der Waals surface area contributed by atoms with E-state index in [-0.39, 0.29) is 101 Å². The van der Waals surface area contributed by atoms with Gasteiger partial charge in [-0.15, -0.1) is 43.1 Å². The van der Waals surface area contributed by atoms with E-state index in [0.29, 0.717) is 184 Å². The summed E-state index contributed by atoms with van der Waals surface area (Å²) in [6.07, 6.45) is 5.15. The van der Waals surface area contributed by atoms with Crippen LogP contribution in [0.5, 0.6) is 11.5 Å². The molecular formula is C92H102Cl2N14O24S2. The van der Waals surface area contributed by atoms with Gasteiger partial charge in [-0.05, 0) is 139 Å². The summed E-state index contributed by atoms with van der Waals surface area (Å²) in [5, 5.41) is 39.4. The van der Waals surface area contributed by atoms with Crippen molar-refractivity contribution in [1.82, 2.24) is 60.6 Å². The van der Waals surface area contributed by atoms with Gasteiger partial charge in [-0.1, -0.05) is 72.9 Å². The number of aryl methyl sites for hydroxylation is 2. The van der Waals surface area contributed by atoms with E-state index in [4.69, 9.17) is 75.8 Å². The second-order valence-corrected chi connectivity index (χ2v) is 34.4. The zero-order valence-corrected chi connectivity index (χ0v) is 77.9. The Hall–Kier alpha value is -12.4. The number of rotatable bonds is 44. The molecule has 134 heavy (non-hydrogen) atoms. The minimum Gasteiger partial charge on any atom is -0.485 e. The van der Waals surface area contributed by atoms with E-state index in [1.165, 1.54) is 55.7 Å². The Labute approximate surface area is 787 Å². The number of hydrogen-bond donors (Lipinski definition) is 5. The number of amides is 10. The highest BCUT2D eigenvalue weighted by molar-refractivity contribution is 7.17. The smallest absolute Gasteiger partial charge is 0.346 e. The summed E-state index contributed by atoms with van der Waals surface area (Å²) in [4.78, 5) is 187. The summed E-state index contributed by atoms with van der Waals surface area (Å²) < 4.78 is 53.0. The molecule has 6 aliphatic rings. The van der Waals surface area contributed by atoms with Gasteiger partial charge in [0.1, 0.15) is 74.6 Å². The van der Waals surface area contributed by atoms with Gasteiger partial charge in [-0.3, -0.25) is 102 Å². The van der Waals surface area contributed by atoms with Crippen LogP contribution in [0.15, 0.2) is 94.9 Å². The van der Waals surface area contributed by atoms with Crippen molar-refractivity contribution >= 4 is 140 Å². The third-order valence-corrected chi connectivity index (χ3v) is 25.0. The average Bonchev–Trinajstić information content (AvgIpc) is 1.59. The molecule has 6 aliphatic heterocycles. The van der Waals surface area contributed by atoms with Crippen molar-refractivity contribution in [1.29, 1.82) is 0 Å². The van der Waals surface area contributed by atoms with E-state index >= 15 is 0 Å². The number of carboxylic acid groups (broad SMARTS) is 1. The van der Waals surface area contributed by atoms with Gasteiger partial charge in [-0.2, -0.15) is 0 Å². The Bertz CT molecular complexity index is 5810. The lowest BCUT2D eigenvalue weighted by Gasteiger charge is -2.27. The molecule has 710 valence electrons. The normalized spacial score (nSPS) is 16.4. The van der Waals surface area contributed by atoms with E-state index in [2.05, 4.69) is 48.6 Å². The molecule has 8 aromatic rings. The molecule has 14 rings (SSSR count). The zero-order valence-electron chi connectivity index (χ0n) is 74.8. The maximum atomic E-state index is 13.6. The molecule has 4 atom stereocenters. The van der Waals surface area contributed by atoms with Crippen LogP contribution in [0.2, 0.25) is 10.0 Å². The highest BCUT2D eigenvalue weighted by atomic mass is 35.5. The number of aliphatic imine (C=N–C) groups is 2. The van der Waals surface area contributed by atoms with Crippen LogP contribution in [0.3, 0.4) is 0 Å². The monoisotopic (exact) mass is 1920 g/mol. The molecule has 38 nitrogen and oxygen atoms in total. The number of thiophene rings is 2. The first-order chi connectivity index (χ1) is 64.6. The first-order valence-corrected chi connectivity index (χ1v) is 46.0. The number of esters is 1. The van der Waals surface area contributed by atoms with Crippen LogP contribution in [0.1, 0.15) is 227 Å². The number of carboxylic acids is 1. The Balaban J connectivity index is 0.000000202. The third kappa shape index (κ3) is 24.8. The number of hydrogen-bond acceptors (Lipinski definition) is 31. The van der Waals surface area contributed by atoms with Crippen LogP contribution < -0.4 is 30.7 Å². The van der Waals surface area contributed by atoms with Crippen LogP contribution in [0.4, 0.5) is 0 Å². The number of halogens is 2. The number of fused-ring (bicyclic) bond motifs is 8. The molecular weight excluding hydrogens is 1820 g/mol. The fraction of sp³-hybridized carbons (Fsp3) is 0.435. The molecule has 42 heteroatoms. The number of aromatic carboxylic acids is 1. The summed E-state index contributed by atoms with van der Waals surface area (Å²) in [7, 11) is 1.32. The van der Waals surface area contributed by atoms with E-state index in [1.54, 1.807) is 44.2 Å². The molecule has 4 aromatic carbocycles. The molecule has 2 saturated heterocycles. The number of benzene rings is 4. The molecule has 5 N–H and O–H groups in total. The van der Waals surface area contributed by atoms with Gasteiger partial charge in [0, 0.05) is 97.5 Å². The lowest BCUT2D eigenvalue weighted by molar-refractivity contribution is -0.141. The van der Waals surface area contributed by atoms with Crippen molar-refractivity contribution < 1.29 is 115 Å². The van der Waals surface area contributed by atoms with Gasteiger partial charge < -0.3 is 58.4 Å². The summed E-state index contributed by atoms with van der Waals surface area (Å²) in [6.45, 7) is 16.5. The molecule has 0 spiro atoms. The van der Waals surface area contributed by atoms with Crippen LogP contribution in [0, 0.1) is 27.7 Å². The number of Topliss-reactive ketones (excluding diaryl/α,β-unsaturated/α-hetero) is 2. The molecule has 0 aliphatic carbocycles. The number of unbranched alkanes of at least 4 members (excludes halogenated alkanes) is 2. The molecule has 2 fully saturated rings. The van der Waals surface area contributed by atoms with Gasteiger partial charge in [0.2, 0.25) is 23.6 Å². The summed E-state index contributed by atoms with van der Waals surface area (Å²) in [6, 6.07) is 20.0. The number of carbonyl (C=O) groups excluding carboxylic acids is 13. The topological polar surface area (TPSA) is 483 Å². The van der Waals surface area contributed by atoms with Crippen molar-refractivity contribution in [3.63, 3.8) is 0 Å². The molecule has 0 radical (unpaired) electrons. The van der Waals surface area contributed by atoms with Crippen molar-refractivity contribution in [3.8, 4) is 21.5 Å². The van der Waals surface area contributed by atoms with Crippen molar-refractivity contribution in [2.45, 2.75) is 149 Å². The highest BCUT2D eigenvalue weighted by Crippen LogP contribution is 2.44. The molecule has 10 heterocycles.